The van der Waals surface area contributed by atoms with E-state index in [2.05, 4.69) is 4.99 Å². The van der Waals surface area contributed by atoms with Gasteiger partial charge in [-0.05, 0) is 13.8 Å². The molecule has 0 bridgehead atoms. The van der Waals surface area contributed by atoms with Gasteiger partial charge in [-0.3, -0.25) is 4.55 Å². The third kappa shape index (κ3) is 5.72. The maximum Gasteiger partial charge on any atom is 0.267 e. The molecule has 0 aromatic heterocycles. The molecule has 11 heavy (non-hydrogen) atoms. The summed E-state index contributed by atoms with van der Waals surface area (Å²) in [6, 6.07) is 0. The maximum absolute atomic E-state index is 10.3. The van der Waals surface area contributed by atoms with Crippen LogP contribution in [0, 0.1) is 0 Å². The Hall–Kier alpha value is -0.710. The van der Waals surface area contributed by atoms with E-state index in [1.54, 1.807) is 0 Å². The first-order valence-electron chi connectivity index (χ1n) is 2.81. The highest BCUT2D eigenvalue weighted by atomic mass is 32.2. The van der Waals surface area contributed by atoms with Crippen LogP contribution < -0.4 is 0 Å². The van der Waals surface area contributed by atoms with Crippen molar-refractivity contribution in [1.29, 1.82) is 0 Å². The predicted octanol–water partition coefficient (Wildman–Crippen LogP) is -0.0114. The summed E-state index contributed by atoms with van der Waals surface area (Å²) in [6.45, 7) is 2.82. The number of hydrogen-bond donors (Lipinski definition) is 1. The number of nitrogens with zero attached hydrogens (tertiary/aromatic N) is 1. The third-order valence-electron chi connectivity index (χ3n) is 0.884. The van der Waals surface area contributed by atoms with E-state index in [0.717, 1.165) is 0 Å². The largest absolute Gasteiger partial charge is 0.285 e. The lowest BCUT2D eigenvalue weighted by Gasteiger charge is -2.13. The van der Waals surface area contributed by atoms with Crippen molar-refractivity contribution in [1.82, 2.24) is 0 Å². The van der Waals surface area contributed by atoms with E-state index in [4.69, 9.17) is 4.55 Å². The Morgan fingerprint density at radius 2 is 2.00 bits per heavy atom. The van der Waals surface area contributed by atoms with Crippen LogP contribution in [-0.4, -0.2) is 30.3 Å². The van der Waals surface area contributed by atoms with Crippen LogP contribution in [0.4, 0.5) is 0 Å². The van der Waals surface area contributed by atoms with Gasteiger partial charge in [-0.2, -0.15) is 13.4 Å². The van der Waals surface area contributed by atoms with Crippen molar-refractivity contribution in [2.75, 3.05) is 5.75 Å². The van der Waals surface area contributed by atoms with Crippen molar-refractivity contribution < 1.29 is 17.8 Å². The molecule has 0 atom stereocenters. The highest BCUT2D eigenvalue weighted by Gasteiger charge is 2.23. The van der Waals surface area contributed by atoms with Crippen LogP contribution in [0.2, 0.25) is 0 Å². The molecule has 0 unspecified atom stereocenters. The molecule has 0 aliphatic rings. The zero-order valence-electron chi connectivity index (χ0n) is 6.23. The molecule has 0 saturated carbocycles. The average molecular weight is 179 g/mol. The Morgan fingerprint density at radius 1 is 1.55 bits per heavy atom. The lowest BCUT2D eigenvalue weighted by Crippen LogP contribution is -2.27. The van der Waals surface area contributed by atoms with Gasteiger partial charge in [0.15, 0.2) is 0 Å². The van der Waals surface area contributed by atoms with Gasteiger partial charge in [0.1, 0.15) is 5.75 Å². The van der Waals surface area contributed by atoms with Crippen molar-refractivity contribution in [3.63, 3.8) is 0 Å². The quantitative estimate of drug-likeness (QED) is 0.375. The number of carbonyl (C=O) groups excluding carboxylic acids is 1. The number of hydrogen-bond acceptors (Lipinski definition) is 4. The zero-order chi connectivity index (χ0) is 9.12. The molecule has 0 heterocycles. The topological polar surface area (TPSA) is 83.8 Å². The predicted molar refractivity (Wildman–Crippen MR) is 38.6 cm³/mol. The van der Waals surface area contributed by atoms with Crippen LogP contribution in [0.1, 0.15) is 13.8 Å². The number of aliphatic imine (C=N–C) groups is 1. The molecular weight excluding hydrogens is 170 g/mol. The molecule has 6 heteroatoms. The van der Waals surface area contributed by atoms with Gasteiger partial charge < -0.3 is 0 Å². The van der Waals surface area contributed by atoms with E-state index >= 15 is 0 Å². The first kappa shape index (κ1) is 10.3. The van der Waals surface area contributed by atoms with Gasteiger partial charge in [-0.1, -0.05) is 0 Å². The lowest BCUT2D eigenvalue weighted by atomic mass is 10.1. The van der Waals surface area contributed by atoms with Crippen molar-refractivity contribution in [2.24, 2.45) is 4.99 Å². The summed E-state index contributed by atoms with van der Waals surface area (Å²) in [5.41, 5.74) is -1.10. The average Bonchev–Trinajstić information content (AvgIpc) is 1.55. The van der Waals surface area contributed by atoms with Gasteiger partial charge in [-0.25, -0.2) is 4.79 Å². The molecule has 0 rings (SSSR count). The third-order valence-corrected chi connectivity index (χ3v) is 1.96. The SMILES string of the molecule is CC(C)(CS(=O)(=O)O)N=C=O. The van der Waals surface area contributed by atoms with Crippen LogP contribution in [0.5, 0.6) is 0 Å². The first-order valence-corrected chi connectivity index (χ1v) is 4.42. The fraction of sp³-hybridized carbons (Fsp3) is 0.800. The van der Waals surface area contributed by atoms with E-state index < -0.39 is 21.4 Å². The van der Waals surface area contributed by atoms with E-state index in [0.29, 0.717) is 0 Å². The van der Waals surface area contributed by atoms with E-state index in [-0.39, 0.29) is 0 Å². The van der Waals surface area contributed by atoms with Gasteiger partial charge >= 0.3 is 0 Å². The Balaban J connectivity index is 4.49. The van der Waals surface area contributed by atoms with Crippen molar-refractivity contribution >= 4 is 16.2 Å². The van der Waals surface area contributed by atoms with Gasteiger partial charge in [-0.15, -0.1) is 0 Å². The fourth-order valence-corrected chi connectivity index (χ4v) is 1.56. The van der Waals surface area contributed by atoms with Crippen LogP contribution in [0.3, 0.4) is 0 Å². The molecule has 0 fully saturated rings. The monoisotopic (exact) mass is 179 g/mol. The van der Waals surface area contributed by atoms with Crippen LogP contribution in [0.15, 0.2) is 4.99 Å². The van der Waals surface area contributed by atoms with Gasteiger partial charge in [0.2, 0.25) is 6.08 Å². The molecule has 5 nitrogen and oxygen atoms in total. The molecule has 64 valence electrons. The lowest BCUT2D eigenvalue weighted by molar-refractivity contribution is 0.459. The Bertz CT molecular complexity index is 273. The molecule has 0 aliphatic heterocycles. The number of rotatable bonds is 3. The zero-order valence-corrected chi connectivity index (χ0v) is 7.05. The summed E-state index contributed by atoms with van der Waals surface area (Å²) in [4.78, 5) is 12.9. The molecule has 1 N–H and O–H groups in total. The summed E-state index contributed by atoms with van der Waals surface area (Å²) in [5, 5.41) is 0. The number of isocyanates is 1. The summed E-state index contributed by atoms with van der Waals surface area (Å²) in [5.74, 6) is -0.574. The minimum atomic E-state index is -4.08. The van der Waals surface area contributed by atoms with E-state index in [9.17, 15) is 13.2 Å². The molecule has 0 aromatic carbocycles. The van der Waals surface area contributed by atoms with Crippen molar-refractivity contribution in [2.45, 2.75) is 19.4 Å². The normalized spacial score (nSPS) is 12.3. The van der Waals surface area contributed by atoms with Gasteiger partial charge in [0.25, 0.3) is 10.1 Å². The Labute approximate surface area is 64.9 Å². The molecule has 0 amide bonds. The van der Waals surface area contributed by atoms with Crippen LogP contribution in [0.25, 0.3) is 0 Å². The Morgan fingerprint density at radius 3 is 2.27 bits per heavy atom. The van der Waals surface area contributed by atoms with Gasteiger partial charge in [0, 0.05) is 0 Å². The summed E-state index contributed by atoms with van der Waals surface area (Å²) >= 11 is 0. The summed E-state index contributed by atoms with van der Waals surface area (Å²) in [7, 11) is -4.08. The minimum Gasteiger partial charge on any atom is -0.285 e. The Kier molecular flexibility index (Phi) is 2.92. The van der Waals surface area contributed by atoms with Gasteiger partial charge in [0.05, 0.1) is 5.54 Å². The molecule has 0 spiro atoms. The summed E-state index contributed by atoms with van der Waals surface area (Å²) < 4.78 is 28.9. The maximum atomic E-state index is 10.3. The first-order chi connectivity index (χ1) is 4.77. The molecule has 0 saturated heterocycles. The minimum absolute atomic E-state index is 0.574. The van der Waals surface area contributed by atoms with Crippen molar-refractivity contribution in [3.05, 3.63) is 0 Å². The summed E-state index contributed by atoms with van der Waals surface area (Å²) in [6.07, 6.45) is 1.23. The molecule has 0 aliphatic carbocycles. The second-order valence-corrected chi connectivity index (χ2v) is 4.19. The van der Waals surface area contributed by atoms with Crippen molar-refractivity contribution in [3.8, 4) is 0 Å². The fourth-order valence-electron chi connectivity index (χ4n) is 0.602. The highest BCUT2D eigenvalue weighted by molar-refractivity contribution is 7.85. The highest BCUT2D eigenvalue weighted by Crippen LogP contribution is 2.09. The molecule has 0 radical (unpaired) electrons. The smallest absolute Gasteiger partial charge is 0.267 e. The molecular formula is C5H9NO4S. The van der Waals surface area contributed by atoms with Crippen LogP contribution >= 0.6 is 0 Å². The second kappa shape index (κ2) is 3.13. The second-order valence-electron chi connectivity index (χ2n) is 2.74. The molecule has 0 aromatic rings. The van der Waals surface area contributed by atoms with E-state index in [1.807, 2.05) is 0 Å². The standard InChI is InChI=1S/C5H9NO4S/c1-5(2,6-4-7)3-11(8,9)10/h3H2,1-2H3,(H,8,9,10). The van der Waals surface area contributed by atoms with E-state index in [1.165, 1.54) is 19.9 Å². The van der Waals surface area contributed by atoms with Crippen LogP contribution in [-0.2, 0) is 14.9 Å².